The van der Waals surface area contributed by atoms with Gasteiger partial charge in [0.2, 0.25) is 0 Å². The monoisotopic (exact) mass is 139 g/mol. The number of hydrogen-bond acceptors (Lipinski definition) is 1. The van der Waals surface area contributed by atoms with E-state index >= 15 is 0 Å². The molecule has 1 aliphatic carbocycles. The summed E-state index contributed by atoms with van der Waals surface area (Å²) in [5.41, 5.74) is 0. The molecule has 0 aromatic rings. The van der Waals surface area contributed by atoms with Crippen molar-refractivity contribution in [2.45, 2.75) is 38.6 Å². The third-order valence-electron chi connectivity index (χ3n) is 2.93. The summed E-state index contributed by atoms with van der Waals surface area (Å²) in [6.07, 6.45) is 5.84. The summed E-state index contributed by atoms with van der Waals surface area (Å²) in [6, 6.07) is 0.986. The Morgan fingerprint density at radius 3 is 2.20 bits per heavy atom. The van der Waals surface area contributed by atoms with Gasteiger partial charge in [-0.1, -0.05) is 13.3 Å². The van der Waals surface area contributed by atoms with Gasteiger partial charge >= 0.3 is 0 Å². The summed E-state index contributed by atoms with van der Waals surface area (Å²) in [5.74, 6) is 1.01. The van der Waals surface area contributed by atoms with Crippen LogP contribution in [0.5, 0.6) is 0 Å². The van der Waals surface area contributed by atoms with Crippen molar-refractivity contribution in [2.24, 2.45) is 5.92 Å². The first-order valence-corrected chi connectivity index (χ1v) is 4.62. The Morgan fingerprint density at radius 1 is 1.10 bits per heavy atom. The second kappa shape index (κ2) is 2.54. The first-order chi connectivity index (χ1) is 4.88. The molecule has 1 aliphatic heterocycles. The zero-order valence-electron chi connectivity index (χ0n) is 6.84. The summed E-state index contributed by atoms with van der Waals surface area (Å²) >= 11 is 0. The summed E-state index contributed by atoms with van der Waals surface area (Å²) in [5, 5.41) is 0. The van der Waals surface area contributed by atoms with Crippen molar-refractivity contribution in [1.29, 1.82) is 0 Å². The highest BCUT2D eigenvalue weighted by molar-refractivity contribution is 4.92. The first-order valence-electron chi connectivity index (χ1n) is 4.62. The molecule has 2 aliphatic rings. The van der Waals surface area contributed by atoms with Gasteiger partial charge in [0.1, 0.15) is 0 Å². The van der Waals surface area contributed by atoms with Crippen LogP contribution in [-0.2, 0) is 0 Å². The predicted octanol–water partition coefficient (Wildman–Crippen LogP) is 1.88. The topological polar surface area (TPSA) is 3.24 Å². The highest BCUT2D eigenvalue weighted by Crippen LogP contribution is 2.36. The van der Waals surface area contributed by atoms with Crippen LogP contribution in [0.15, 0.2) is 0 Å². The van der Waals surface area contributed by atoms with E-state index in [0.717, 1.165) is 12.0 Å². The standard InChI is InChI=1S/C9H17N/c1-8-7-9(8)10-5-3-2-4-6-10/h8-9H,2-7H2,1H3. The molecule has 58 valence electrons. The van der Waals surface area contributed by atoms with Crippen LogP contribution in [0.3, 0.4) is 0 Å². The highest BCUT2D eigenvalue weighted by Gasteiger charge is 2.37. The maximum atomic E-state index is 2.69. The van der Waals surface area contributed by atoms with Gasteiger partial charge in [-0.2, -0.15) is 0 Å². The average molecular weight is 139 g/mol. The largest absolute Gasteiger partial charge is 0.300 e. The second-order valence-corrected chi connectivity index (χ2v) is 3.88. The van der Waals surface area contributed by atoms with E-state index in [1.807, 2.05) is 0 Å². The number of rotatable bonds is 1. The lowest BCUT2D eigenvalue weighted by Gasteiger charge is -2.26. The van der Waals surface area contributed by atoms with E-state index in [2.05, 4.69) is 11.8 Å². The van der Waals surface area contributed by atoms with Gasteiger partial charge in [-0.25, -0.2) is 0 Å². The fourth-order valence-corrected chi connectivity index (χ4v) is 2.06. The van der Waals surface area contributed by atoms with E-state index in [4.69, 9.17) is 0 Å². The van der Waals surface area contributed by atoms with E-state index in [0.29, 0.717) is 0 Å². The summed E-state index contributed by atoms with van der Waals surface area (Å²) < 4.78 is 0. The lowest BCUT2D eigenvalue weighted by Crippen LogP contribution is -2.32. The molecule has 2 fully saturated rings. The van der Waals surface area contributed by atoms with Gasteiger partial charge in [0.15, 0.2) is 0 Å². The Kier molecular flexibility index (Phi) is 1.69. The Hall–Kier alpha value is -0.0400. The predicted molar refractivity (Wildman–Crippen MR) is 43.0 cm³/mol. The minimum Gasteiger partial charge on any atom is -0.300 e. The third-order valence-corrected chi connectivity index (χ3v) is 2.93. The maximum absolute atomic E-state index is 2.69. The average Bonchev–Trinajstić information content (AvgIpc) is 2.69. The molecule has 0 aromatic heterocycles. The number of nitrogens with zero attached hydrogens (tertiary/aromatic N) is 1. The van der Waals surface area contributed by atoms with Crippen molar-refractivity contribution >= 4 is 0 Å². The van der Waals surface area contributed by atoms with Gasteiger partial charge in [-0.3, -0.25) is 0 Å². The van der Waals surface area contributed by atoms with Gasteiger partial charge in [0, 0.05) is 6.04 Å². The molecular weight excluding hydrogens is 122 g/mol. The van der Waals surface area contributed by atoms with Gasteiger partial charge in [0.25, 0.3) is 0 Å². The molecule has 10 heavy (non-hydrogen) atoms. The molecule has 1 saturated heterocycles. The molecule has 0 aromatic carbocycles. The van der Waals surface area contributed by atoms with Crippen LogP contribution in [0.1, 0.15) is 32.6 Å². The Labute approximate surface area is 63.4 Å². The van der Waals surface area contributed by atoms with Crippen molar-refractivity contribution in [3.8, 4) is 0 Å². The SMILES string of the molecule is CC1CC1N1CCCCC1. The van der Waals surface area contributed by atoms with Crippen molar-refractivity contribution < 1.29 is 0 Å². The van der Waals surface area contributed by atoms with E-state index in [-0.39, 0.29) is 0 Å². The third kappa shape index (κ3) is 1.20. The van der Waals surface area contributed by atoms with Crippen molar-refractivity contribution in [1.82, 2.24) is 4.90 Å². The lowest BCUT2D eigenvalue weighted by molar-refractivity contribution is 0.211. The van der Waals surface area contributed by atoms with E-state index < -0.39 is 0 Å². The summed E-state index contributed by atoms with van der Waals surface area (Å²) in [4.78, 5) is 2.69. The van der Waals surface area contributed by atoms with Crippen molar-refractivity contribution in [3.05, 3.63) is 0 Å². The quantitative estimate of drug-likeness (QED) is 0.536. The van der Waals surface area contributed by atoms with Crippen LogP contribution in [0.2, 0.25) is 0 Å². The molecular formula is C9H17N. The summed E-state index contributed by atoms with van der Waals surface area (Å²) in [6.45, 7) is 5.14. The number of likely N-dealkylation sites (tertiary alicyclic amines) is 1. The molecule has 0 spiro atoms. The Balaban J connectivity index is 1.81. The van der Waals surface area contributed by atoms with Crippen molar-refractivity contribution in [3.63, 3.8) is 0 Å². The van der Waals surface area contributed by atoms with Crippen molar-refractivity contribution in [2.75, 3.05) is 13.1 Å². The van der Waals surface area contributed by atoms with E-state index in [1.54, 1.807) is 0 Å². The Bertz CT molecular complexity index is 116. The van der Waals surface area contributed by atoms with E-state index in [1.165, 1.54) is 38.8 Å². The van der Waals surface area contributed by atoms with Crippen LogP contribution in [0.25, 0.3) is 0 Å². The number of piperidine rings is 1. The molecule has 0 radical (unpaired) electrons. The van der Waals surface area contributed by atoms with Crippen LogP contribution in [-0.4, -0.2) is 24.0 Å². The van der Waals surface area contributed by atoms with Gasteiger partial charge in [-0.05, 0) is 38.3 Å². The Morgan fingerprint density at radius 2 is 1.70 bits per heavy atom. The number of hydrogen-bond donors (Lipinski definition) is 0. The molecule has 0 bridgehead atoms. The molecule has 0 N–H and O–H groups in total. The highest BCUT2D eigenvalue weighted by atomic mass is 15.2. The van der Waals surface area contributed by atoms with Crippen LogP contribution < -0.4 is 0 Å². The van der Waals surface area contributed by atoms with Gasteiger partial charge in [-0.15, -0.1) is 0 Å². The minimum atomic E-state index is 0.986. The maximum Gasteiger partial charge on any atom is 0.0125 e. The molecule has 2 unspecified atom stereocenters. The van der Waals surface area contributed by atoms with E-state index in [9.17, 15) is 0 Å². The second-order valence-electron chi connectivity index (χ2n) is 3.88. The summed E-state index contributed by atoms with van der Waals surface area (Å²) in [7, 11) is 0. The van der Waals surface area contributed by atoms with Crippen LogP contribution >= 0.6 is 0 Å². The fraction of sp³-hybridized carbons (Fsp3) is 1.00. The smallest absolute Gasteiger partial charge is 0.0125 e. The molecule has 1 nitrogen and oxygen atoms in total. The molecule has 1 heterocycles. The molecule has 2 atom stereocenters. The zero-order chi connectivity index (χ0) is 6.97. The fourth-order valence-electron chi connectivity index (χ4n) is 2.06. The minimum absolute atomic E-state index is 0.986. The van der Waals surface area contributed by atoms with Gasteiger partial charge in [0.05, 0.1) is 0 Å². The lowest BCUT2D eigenvalue weighted by atomic mass is 10.1. The normalized spacial score (nSPS) is 41.7. The van der Waals surface area contributed by atoms with Crippen LogP contribution in [0, 0.1) is 5.92 Å². The first kappa shape index (κ1) is 6.66. The van der Waals surface area contributed by atoms with Gasteiger partial charge < -0.3 is 4.90 Å². The molecule has 2 rings (SSSR count). The molecule has 0 amide bonds. The van der Waals surface area contributed by atoms with Crippen LogP contribution in [0.4, 0.5) is 0 Å². The molecule has 1 heteroatoms. The molecule has 1 saturated carbocycles. The zero-order valence-corrected chi connectivity index (χ0v) is 6.84.